The van der Waals surface area contributed by atoms with Crippen molar-refractivity contribution in [3.8, 4) is 5.69 Å². The summed E-state index contributed by atoms with van der Waals surface area (Å²) in [4.78, 5) is 11.8. The number of nitrogens with zero attached hydrogens (tertiary/aromatic N) is 1. The van der Waals surface area contributed by atoms with E-state index >= 15 is 0 Å². The number of anilines is 1. The van der Waals surface area contributed by atoms with Crippen LogP contribution >= 0.6 is 0 Å². The summed E-state index contributed by atoms with van der Waals surface area (Å²) in [7, 11) is 0. The van der Waals surface area contributed by atoms with Gasteiger partial charge in [-0.25, -0.2) is 4.79 Å². The molecule has 0 fully saturated rings. The summed E-state index contributed by atoms with van der Waals surface area (Å²) in [6.45, 7) is 4.97. The van der Waals surface area contributed by atoms with Crippen molar-refractivity contribution in [3.63, 3.8) is 0 Å². The Morgan fingerprint density at radius 3 is 2.65 bits per heavy atom. The summed E-state index contributed by atoms with van der Waals surface area (Å²) in [6.07, 6.45) is 4.93. The van der Waals surface area contributed by atoms with Gasteiger partial charge >= 0.3 is 6.03 Å². The van der Waals surface area contributed by atoms with E-state index in [0.29, 0.717) is 12.5 Å². The predicted octanol–water partition coefficient (Wildman–Crippen LogP) is 3.64. The summed E-state index contributed by atoms with van der Waals surface area (Å²) in [5.74, 6) is 0.590. The molecule has 0 saturated heterocycles. The van der Waals surface area contributed by atoms with Gasteiger partial charge in [-0.1, -0.05) is 19.9 Å². The van der Waals surface area contributed by atoms with Crippen molar-refractivity contribution in [2.24, 2.45) is 5.92 Å². The standard InChI is InChI=1S/C16H21N3O/c1-13(2)8-9-17-16(20)18-14-6-5-7-15(12-14)19-10-3-4-11-19/h3-7,10-13H,8-9H2,1-2H3,(H2,17,18,20). The predicted molar refractivity (Wildman–Crippen MR) is 82.2 cm³/mol. The van der Waals surface area contributed by atoms with Crippen LogP contribution in [0.25, 0.3) is 5.69 Å². The quantitative estimate of drug-likeness (QED) is 0.856. The SMILES string of the molecule is CC(C)CCNC(=O)Nc1cccc(-n2cccc2)c1. The van der Waals surface area contributed by atoms with Gasteiger partial charge < -0.3 is 15.2 Å². The molecule has 106 valence electrons. The first kappa shape index (κ1) is 14.2. The van der Waals surface area contributed by atoms with Gasteiger partial charge in [0.15, 0.2) is 0 Å². The van der Waals surface area contributed by atoms with Gasteiger partial charge in [0, 0.05) is 30.3 Å². The van der Waals surface area contributed by atoms with Crippen molar-refractivity contribution in [2.45, 2.75) is 20.3 Å². The maximum absolute atomic E-state index is 11.8. The van der Waals surface area contributed by atoms with E-state index in [4.69, 9.17) is 0 Å². The van der Waals surface area contributed by atoms with Gasteiger partial charge in [0.05, 0.1) is 0 Å². The largest absolute Gasteiger partial charge is 0.338 e. The van der Waals surface area contributed by atoms with Gasteiger partial charge in [0.25, 0.3) is 0 Å². The Labute approximate surface area is 119 Å². The fourth-order valence-electron chi connectivity index (χ4n) is 1.90. The van der Waals surface area contributed by atoms with Crippen LogP contribution in [0.3, 0.4) is 0 Å². The summed E-state index contributed by atoms with van der Waals surface area (Å²) < 4.78 is 2.00. The van der Waals surface area contributed by atoms with Crippen LogP contribution in [0, 0.1) is 5.92 Å². The van der Waals surface area contributed by atoms with E-state index in [2.05, 4.69) is 24.5 Å². The minimum Gasteiger partial charge on any atom is -0.338 e. The van der Waals surface area contributed by atoms with Gasteiger partial charge in [-0.2, -0.15) is 0 Å². The normalized spacial score (nSPS) is 10.6. The maximum atomic E-state index is 11.8. The highest BCUT2D eigenvalue weighted by molar-refractivity contribution is 5.89. The average Bonchev–Trinajstić information content (AvgIpc) is 2.92. The molecule has 0 unspecified atom stereocenters. The van der Waals surface area contributed by atoms with Crippen molar-refractivity contribution in [1.29, 1.82) is 0 Å². The van der Waals surface area contributed by atoms with E-state index in [9.17, 15) is 4.79 Å². The second-order valence-corrected chi connectivity index (χ2v) is 5.20. The van der Waals surface area contributed by atoms with Crippen LogP contribution in [-0.2, 0) is 0 Å². The van der Waals surface area contributed by atoms with Gasteiger partial charge in [0.1, 0.15) is 0 Å². The molecule has 1 heterocycles. The highest BCUT2D eigenvalue weighted by Crippen LogP contribution is 2.14. The van der Waals surface area contributed by atoms with Crippen LogP contribution in [0.5, 0.6) is 0 Å². The molecule has 0 saturated carbocycles. The van der Waals surface area contributed by atoms with Crippen LogP contribution in [0.15, 0.2) is 48.8 Å². The van der Waals surface area contributed by atoms with E-state index in [1.54, 1.807) is 0 Å². The third-order valence-electron chi connectivity index (χ3n) is 3.01. The van der Waals surface area contributed by atoms with Crippen molar-refractivity contribution >= 4 is 11.7 Å². The van der Waals surface area contributed by atoms with E-state index in [1.807, 2.05) is 53.4 Å². The monoisotopic (exact) mass is 271 g/mol. The summed E-state index contributed by atoms with van der Waals surface area (Å²) in [6, 6.07) is 11.5. The van der Waals surface area contributed by atoms with Crippen LogP contribution in [0.2, 0.25) is 0 Å². The number of hydrogen-bond acceptors (Lipinski definition) is 1. The number of aromatic nitrogens is 1. The Morgan fingerprint density at radius 2 is 1.95 bits per heavy atom. The molecule has 2 amide bonds. The number of carbonyl (C=O) groups excluding carboxylic acids is 1. The van der Waals surface area contributed by atoms with Crippen LogP contribution < -0.4 is 10.6 Å². The molecule has 0 atom stereocenters. The third-order valence-corrected chi connectivity index (χ3v) is 3.01. The van der Waals surface area contributed by atoms with Crippen LogP contribution in [0.4, 0.5) is 10.5 Å². The highest BCUT2D eigenvalue weighted by atomic mass is 16.2. The Hall–Kier alpha value is -2.23. The molecule has 1 aromatic carbocycles. The van der Waals surface area contributed by atoms with E-state index in [-0.39, 0.29) is 6.03 Å². The van der Waals surface area contributed by atoms with Gasteiger partial charge in [-0.3, -0.25) is 0 Å². The van der Waals surface area contributed by atoms with Crippen LogP contribution in [0.1, 0.15) is 20.3 Å². The Balaban J connectivity index is 1.93. The molecule has 4 heteroatoms. The number of nitrogens with one attached hydrogen (secondary N) is 2. The van der Waals surface area contributed by atoms with E-state index in [0.717, 1.165) is 17.8 Å². The lowest BCUT2D eigenvalue weighted by atomic mass is 10.1. The maximum Gasteiger partial charge on any atom is 0.319 e. The average molecular weight is 271 g/mol. The lowest BCUT2D eigenvalue weighted by Crippen LogP contribution is -2.30. The van der Waals surface area contributed by atoms with Crippen molar-refractivity contribution in [3.05, 3.63) is 48.8 Å². The van der Waals surface area contributed by atoms with Gasteiger partial charge in [0.2, 0.25) is 0 Å². The number of urea groups is 1. The first-order chi connectivity index (χ1) is 9.65. The second-order valence-electron chi connectivity index (χ2n) is 5.20. The zero-order chi connectivity index (χ0) is 14.4. The zero-order valence-corrected chi connectivity index (χ0v) is 12.0. The minimum absolute atomic E-state index is 0.157. The molecule has 0 aliphatic rings. The lowest BCUT2D eigenvalue weighted by molar-refractivity contribution is 0.251. The lowest BCUT2D eigenvalue weighted by Gasteiger charge is -2.10. The Morgan fingerprint density at radius 1 is 1.20 bits per heavy atom. The number of benzene rings is 1. The minimum atomic E-state index is -0.157. The Bertz CT molecular complexity index is 547. The molecular weight excluding hydrogens is 250 g/mol. The van der Waals surface area contributed by atoms with Crippen molar-refractivity contribution < 1.29 is 4.79 Å². The molecular formula is C16H21N3O. The second kappa shape index (κ2) is 6.80. The van der Waals surface area contributed by atoms with Crippen molar-refractivity contribution in [1.82, 2.24) is 9.88 Å². The fraction of sp³-hybridized carbons (Fsp3) is 0.312. The summed E-state index contributed by atoms with van der Waals surface area (Å²) in [5.41, 5.74) is 1.81. The molecule has 0 radical (unpaired) electrons. The summed E-state index contributed by atoms with van der Waals surface area (Å²) >= 11 is 0. The molecule has 0 spiro atoms. The topological polar surface area (TPSA) is 46.1 Å². The molecule has 0 aliphatic heterocycles. The number of hydrogen-bond donors (Lipinski definition) is 2. The number of rotatable bonds is 5. The van der Waals surface area contributed by atoms with E-state index < -0.39 is 0 Å². The third kappa shape index (κ3) is 4.16. The highest BCUT2D eigenvalue weighted by Gasteiger charge is 2.03. The zero-order valence-electron chi connectivity index (χ0n) is 12.0. The molecule has 0 bridgehead atoms. The molecule has 2 N–H and O–H groups in total. The molecule has 2 rings (SSSR count). The Kier molecular flexibility index (Phi) is 4.82. The summed E-state index contributed by atoms with van der Waals surface area (Å²) in [5, 5.41) is 5.71. The molecule has 20 heavy (non-hydrogen) atoms. The molecule has 0 aliphatic carbocycles. The van der Waals surface area contributed by atoms with Crippen molar-refractivity contribution in [2.75, 3.05) is 11.9 Å². The first-order valence-corrected chi connectivity index (χ1v) is 6.93. The van der Waals surface area contributed by atoms with Gasteiger partial charge in [-0.05, 0) is 42.7 Å². The molecule has 4 nitrogen and oxygen atoms in total. The first-order valence-electron chi connectivity index (χ1n) is 6.93. The van der Waals surface area contributed by atoms with Gasteiger partial charge in [-0.15, -0.1) is 0 Å². The fourth-order valence-corrected chi connectivity index (χ4v) is 1.90. The van der Waals surface area contributed by atoms with Crippen LogP contribution in [-0.4, -0.2) is 17.1 Å². The molecule has 2 aromatic rings. The number of amides is 2. The smallest absolute Gasteiger partial charge is 0.319 e. The van der Waals surface area contributed by atoms with E-state index in [1.165, 1.54) is 0 Å². The number of carbonyl (C=O) groups is 1. The molecule has 1 aromatic heterocycles.